The predicted octanol–water partition coefficient (Wildman–Crippen LogP) is -0.103. The highest BCUT2D eigenvalue weighted by Gasteiger charge is 2.03. The van der Waals surface area contributed by atoms with Gasteiger partial charge in [-0.15, -0.1) is 0 Å². The molecule has 1 rings (SSSR count). The number of rotatable bonds is 0. The first-order valence-electron chi connectivity index (χ1n) is 3.26. The lowest BCUT2D eigenvalue weighted by atomic mass is 10.4. The molecule has 0 aromatic carbocycles. The van der Waals surface area contributed by atoms with E-state index in [4.69, 9.17) is 0 Å². The van der Waals surface area contributed by atoms with Crippen LogP contribution in [0.3, 0.4) is 0 Å². The zero-order chi connectivity index (χ0) is 6.69. The quantitative estimate of drug-likeness (QED) is 0.492. The fraction of sp³-hybridized carbons (Fsp3) is 0.833. The maximum absolute atomic E-state index is 4.26. The number of hydrogen-bond acceptors (Lipinski definition) is 3. The highest BCUT2D eigenvalue weighted by Crippen LogP contribution is 1.90. The van der Waals surface area contributed by atoms with Gasteiger partial charge < -0.3 is 10.2 Å². The highest BCUT2D eigenvalue weighted by atomic mass is 15.3. The van der Waals surface area contributed by atoms with E-state index in [0.717, 1.165) is 25.5 Å². The Kier molecular flexibility index (Phi) is 1.92. The van der Waals surface area contributed by atoms with Crippen LogP contribution in [0.4, 0.5) is 0 Å². The maximum Gasteiger partial charge on any atom is 0.193 e. The van der Waals surface area contributed by atoms with E-state index in [1.54, 1.807) is 0 Å². The van der Waals surface area contributed by atoms with E-state index in [1.165, 1.54) is 0 Å². The van der Waals surface area contributed by atoms with E-state index >= 15 is 0 Å². The molecule has 1 N–H and O–H groups in total. The van der Waals surface area contributed by atoms with Gasteiger partial charge in [0.15, 0.2) is 5.96 Å². The molecule has 1 aliphatic heterocycles. The summed E-state index contributed by atoms with van der Waals surface area (Å²) in [6, 6.07) is 0. The largest absolute Gasteiger partial charge is 0.356 e. The number of guanidine groups is 1. The molecule has 3 nitrogen and oxygen atoms in total. The summed E-state index contributed by atoms with van der Waals surface area (Å²) in [6.45, 7) is 2.04. The van der Waals surface area contributed by atoms with Gasteiger partial charge in [0, 0.05) is 27.2 Å². The second-order valence-corrected chi connectivity index (χ2v) is 2.38. The molecule has 0 atom stereocenters. The van der Waals surface area contributed by atoms with Crippen LogP contribution < -0.4 is 5.32 Å². The molecule has 0 aliphatic carbocycles. The van der Waals surface area contributed by atoms with Gasteiger partial charge in [0.2, 0.25) is 0 Å². The Morgan fingerprint density at radius 2 is 2.33 bits per heavy atom. The van der Waals surface area contributed by atoms with Crippen molar-refractivity contribution in [2.45, 2.75) is 6.42 Å². The molecule has 0 aromatic rings. The van der Waals surface area contributed by atoms with Crippen molar-refractivity contribution in [1.29, 1.82) is 0 Å². The highest BCUT2D eigenvalue weighted by molar-refractivity contribution is 5.79. The molecule has 0 amide bonds. The van der Waals surface area contributed by atoms with E-state index in [0.29, 0.717) is 0 Å². The minimum Gasteiger partial charge on any atom is -0.356 e. The van der Waals surface area contributed by atoms with Crippen LogP contribution in [0, 0.1) is 0 Å². The van der Waals surface area contributed by atoms with Crippen LogP contribution in [0.25, 0.3) is 0 Å². The SMILES string of the molecule is CN(C)C1=NCCCN1. The Balaban J connectivity index is 2.46. The molecule has 0 radical (unpaired) electrons. The van der Waals surface area contributed by atoms with Crippen molar-refractivity contribution in [3.8, 4) is 0 Å². The van der Waals surface area contributed by atoms with Crippen molar-refractivity contribution in [3.05, 3.63) is 0 Å². The minimum atomic E-state index is 0.973. The van der Waals surface area contributed by atoms with Crippen molar-refractivity contribution in [2.24, 2.45) is 4.99 Å². The standard InChI is InChI=1S/C6H13N3/c1-9(2)6-7-4-3-5-8-6/h3-5H2,1-2H3,(H,7,8). The van der Waals surface area contributed by atoms with E-state index in [1.807, 2.05) is 19.0 Å². The van der Waals surface area contributed by atoms with E-state index in [2.05, 4.69) is 10.3 Å². The molecule has 0 saturated heterocycles. The third kappa shape index (κ3) is 1.59. The lowest BCUT2D eigenvalue weighted by molar-refractivity contribution is 0.558. The summed E-state index contributed by atoms with van der Waals surface area (Å²) in [5, 5.41) is 3.19. The summed E-state index contributed by atoms with van der Waals surface area (Å²) in [5.41, 5.74) is 0. The van der Waals surface area contributed by atoms with Crippen molar-refractivity contribution in [2.75, 3.05) is 27.2 Å². The van der Waals surface area contributed by atoms with Crippen LogP contribution in [0.1, 0.15) is 6.42 Å². The molecule has 0 bridgehead atoms. The Bertz CT molecular complexity index is 117. The van der Waals surface area contributed by atoms with Gasteiger partial charge in [0.1, 0.15) is 0 Å². The number of nitrogens with one attached hydrogen (secondary N) is 1. The molecule has 1 aliphatic rings. The molecule has 0 aromatic heterocycles. The summed E-state index contributed by atoms with van der Waals surface area (Å²) in [4.78, 5) is 6.26. The summed E-state index contributed by atoms with van der Waals surface area (Å²) in [7, 11) is 3.99. The second-order valence-electron chi connectivity index (χ2n) is 2.38. The van der Waals surface area contributed by atoms with Crippen molar-refractivity contribution in [1.82, 2.24) is 10.2 Å². The molecule has 3 heteroatoms. The second kappa shape index (κ2) is 2.71. The molecular formula is C6H13N3. The Hall–Kier alpha value is -0.730. The van der Waals surface area contributed by atoms with Crippen LogP contribution in [-0.4, -0.2) is 38.0 Å². The van der Waals surface area contributed by atoms with E-state index in [-0.39, 0.29) is 0 Å². The smallest absolute Gasteiger partial charge is 0.193 e. The molecule has 1 heterocycles. The molecule has 0 unspecified atom stereocenters. The van der Waals surface area contributed by atoms with Crippen molar-refractivity contribution >= 4 is 5.96 Å². The lowest BCUT2D eigenvalue weighted by Gasteiger charge is -2.20. The van der Waals surface area contributed by atoms with Crippen molar-refractivity contribution in [3.63, 3.8) is 0 Å². The lowest BCUT2D eigenvalue weighted by Crippen LogP contribution is -2.39. The average molecular weight is 127 g/mol. The fourth-order valence-corrected chi connectivity index (χ4v) is 0.820. The summed E-state index contributed by atoms with van der Waals surface area (Å²) in [5.74, 6) is 1.02. The van der Waals surface area contributed by atoms with Crippen LogP contribution in [-0.2, 0) is 0 Å². The van der Waals surface area contributed by atoms with Crippen LogP contribution in [0.2, 0.25) is 0 Å². The predicted molar refractivity (Wildman–Crippen MR) is 38.6 cm³/mol. The monoisotopic (exact) mass is 127 g/mol. The van der Waals surface area contributed by atoms with Gasteiger partial charge in [-0.1, -0.05) is 0 Å². The van der Waals surface area contributed by atoms with Crippen molar-refractivity contribution < 1.29 is 0 Å². The molecule has 9 heavy (non-hydrogen) atoms. The molecule has 0 fully saturated rings. The molecule has 52 valence electrons. The Morgan fingerprint density at radius 3 is 2.67 bits per heavy atom. The molecule has 0 saturated carbocycles. The normalized spacial score (nSPS) is 18.2. The van der Waals surface area contributed by atoms with Gasteiger partial charge in [-0.2, -0.15) is 0 Å². The van der Waals surface area contributed by atoms with Gasteiger partial charge in [0.05, 0.1) is 0 Å². The Labute approximate surface area is 55.8 Å². The number of aliphatic imine (C=N–C) groups is 1. The zero-order valence-corrected chi connectivity index (χ0v) is 6.02. The van der Waals surface area contributed by atoms with Gasteiger partial charge in [-0.3, -0.25) is 4.99 Å². The average Bonchev–Trinajstić information content (AvgIpc) is 1.90. The van der Waals surface area contributed by atoms with Crippen LogP contribution in [0.5, 0.6) is 0 Å². The van der Waals surface area contributed by atoms with E-state index < -0.39 is 0 Å². The maximum atomic E-state index is 4.26. The van der Waals surface area contributed by atoms with Crippen LogP contribution >= 0.6 is 0 Å². The summed E-state index contributed by atoms with van der Waals surface area (Å²) >= 11 is 0. The topological polar surface area (TPSA) is 27.6 Å². The third-order valence-electron chi connectivity index (χ3n) is 1.30. The van der Waals surface area contributed by atoms with Crippen LogP contribution in [0.15, 0.2) is 4.99 Å². The summed E-state index contributed by atoms with van der Waals surface area (Å²) < 4.78 is 0. The number of hydrogen-bond donors (Lipinski definition) is 1. The van der Waals surface area contributed by atoms with Gasteiger partial charge in [-0.05, 0) is 6.42 Å². The van der Waals surface area contributed by atoms with Gasteiger partial charge in [-0.25, -0.2) is 0 Å². The zero-order valence-electron chi connectivity index (χ0n) is 6.02. The molecular weight excluding hydrogens is 114 g/mol. The molecule has 0 spiro atoms. The Morgan fingerprint density at radius 1 is 1.56 bits per heavy atom. The third-order valence-corrected chi connectivity index (χ3v) is 1.30. The first-order valence-corrected chi connectivity index (χ1v) is 3.26. The van der Waals surface area contributed by atoms with Gasteiger partial charge >= 0.3 is 0 Å². The first kappa shape index (κ1) is 6.39. The number of nitrogens with zero attached hydrogens (tertiary/aromatic N) is 2. The van der Waals surface area contributed by atoms with Gasteiger partial charge in [0.25, 0.3) is 0 Å². The first-order chi connectivity index (χ1) is 4.30. The fourth-order valence-electron chi connectivity index (χ4n) is 0.820. The summed E-state index contributed by atoms with van der Waals surface area (Å²) in [6.07, 6.45) is 1.16. The minimum absolute atomic E-state index is 0.973. The van der Waals surface area contributed by atoms with E-state index in [9.17, 15) is 0 Å².